The fourth-order valence-corrected chi connectivity index (χ4v) is 3.18. The zero-order valence-electron chi connectivity index (χ0n) is 14.6. The standard InChI is InChI=1S/C18H30N2O2/c1-6-20(7-2)12-11-19-14-13-18(3,4)22-16-10-8-9-15(21-5)17(14)16/h8-10,14,19H,6-7,11-13H2,1-5H3. The van der Waals surface area contributed by atoms with Crippen molar-refractivity contribution in [3.8, 4) is 11.5 Å². The van der Waals surface area contributed by atoms with Crippen LogP contribution < -0.4 is 14.8 Å². The Morgan fingerprint density at radius 3 is 2.68 bits per heavy atom. The van der Waals surface area contributed by atoms with Crippen molar-refractivity contribution in [3.63, 3.8) is 0 Å². The SMILES string of the molecule is CCN(CC)CCNC1CC(C)(C)Oc2cccc(OC)c21. The van der Waals surface area contributed by atoms with Gasteiger partial charge in [-0.2, -0.15) is 0 Å². The first-order valence-corrected chi connectivity index (χ1v) is 8.32. The van der Waals surface area contributed by atoms with Crippen molar-refractivity contribution >= 4 is 0 Å². The van der Waals surface area contributed by atoms with Gasteiger partial charge in [0.25, 0.3) is 0 Å². The van der Waals surface area contributed by atoms with Crippen molar-refractivity contribution in [1.29, 1.82) is 0 Å². The Labute approximate surface area is 134 Å². The summed E-state index contributed by atoms with van der Waals surface area (Å²) in [4.78, 5) is 2.43. The van der Waals surface area contributed by atoms with Crippen LogP contribution in [0, 0.1) is 0 Å². The van der Waals surface area contributed by atoms with Crippen LogP contribution in [-0.2, 0) is 0 Å². The first kappa shape index (κ1) is 17.1. The number of nitrogens with one attached hydrogen (secondary N) is 1. The van der Waals surface area contributed by atoms with E-state index in [9.17, 15) is 0 Å². The van der Waals surface area contributed by atoms with Crippen molar-refractivity contribution in [2.24, 2.45) is 0 Å². The molecule has 0 bridgehead atoms. The average molecular weight is 306 g/mol. The molecular weight excluding hydrogens is 276 g/mol. The predicted octanol–water partition coefficient (Wildman–Crippen LogP) is 3.23. The van der Waals surface area contributed by atoms with Gasteiger partial charge < -0.3 is 19.7 Å². The zero-order chi connectivity index (χ0) is 16.2. The molecule has 0 saturated carbocycles. The second kappa shape index (κ2) is 7.34. The number of ether oxygens (including phenoxy) is 2. The molecule has 124 valence electrons. The van der Waals surface area contributed by atoms with Crippen LogP contribution in [0.4, 0.5) is 0 Å². The summed E-state index contributed by atoms with van der Waals surface area (Å²) in [6.45, 7) is 12.9. The predicted molar refractivity (Wildman–Crippen MR) is 90.8 cm³/mol. The van der Waals surface area contributed by atoms with E-state index in [1.807, 2.05) is 18.2 Å². The van der Waals surface area contributed by atoms with Gasteiger partial charge in [0.1, 0.15) is 17.1 Å². The third-order valence-electron chi connectivity index (χ3n) is 4.39. The van der Waals surface area contributed by atoms with E-state index in [-0.39, 0.29) is 11.6 Å². The Hall–Kier alpha value is -1.26. The summed E-state index contributed by atoms with van der Waals surface area (Å²) in [6.07, 6.45) is 0.943. The number of benzene rings is 1. The maximum absolute atomic E-state index is 6.13. The van der Waals surface area contributed by atoms with E-state index < -0.39 is 0 Å². The van der Waals surface area contributed by atoms with E-state index in [0.29, 0.717) is 0 Å². The Kier molecular flexibility index (Phi) is 5.70. The molecule has 1 unspecified atom stereocenters. The van der Waals surface area contributed by atoms with Crippen LogP contribution >= 0.6 is 0 Å². The average Bonchev–Trinajstić information content (AvgIpc) is 2.49. The van der Waals surface area contributed by atoms with Crippen LogP contribution in [0.1, 0.15) is 45.7 Å². The van der Waals surface area contributed by atoms with Gasteiger partial charge in [0.05, 0.1) is 12.7 Å². The quantitative estimate of drug-likeness (QED) is 0.838. The van der Waals surface area contributed by atoms with Gasteiger partial charge in [0, 0.05) is 25.6 Å². The molecule has 2 rings (SSSR count). The summed E-state index contributed by atoms with van der Waals surface area (Å²) < 4.78 is 11.7. The van der Waals surface area contributed by atoms with Crippen LogP contribution in [-0.4, -0.2) is 43.8 Å². The number of hydrogen-bond donors (Lipinski definition) is 1. The number of rotatable bonds is 7. The number of nitrogens with zero attached hydrogens (tertiary/aromatic N) is 1. The molecule has 1 N–H and O–H groups in total. The highest BCUT2D eigenvalue weighted by molar-refractivity contribution is 5.48. The van der Waals surface area contributed by atoms with E-state index in [4.69, 9.17) is 9.47 Å². The minimum absolute atomic E-state index is 0.160. The largest absolute Gasteiger partial charge is 0.496 e. The van der Waals surface area contributed by atoms with Gasteiger partial charge in [0.2, 0.25) is 0 Å². The lowest BCUT2D eigenvalue weighted by Gasteiger charge is -2.38. The molecule has 4 heteroatoms. The minimum atomic E-state index is -0.160. The molecule has 0 radical (unpaired) electrons. The normalized spacial score (nSPS) is 19.6. The second-order valence-corrected chi connectivity index (χ2v) is 6.47. The summed E-state index contributed by atoms with van der Waals surface area (Å²) in [5.74, 6) is 1.85. The molecule has 0 amide bonds. The van der Waals surface area contributed by atoms with E-state index in [1.165, 1.54) is 0 Å². The Morgan fingerprint density at radius 1 is 1.32 bits per heavy atom. The number of likely N-dealkylation sites (N-methyl/N-ethyl adjacent to an activating group) is 1. The number of fused-ring (bicyclic) bond motifs is 1. The van der Waals surface area contributed by atoms with Gasteiger partial charge in [0.15, 0.2) is 0 Å². The maximum Gasteiger partial charge on any atom is 0.128 e. The molecule has 0 aliphatic carbocycles. The Balaban J connectivity index is 2.14. The molecule has 22 heavy (non-hydrogen) atoms. The summed E-state index contributed by atoms with van der Waals surface area (Å²) >= 11 is 0. The van der Waals surface area contributed by atoms with E-state index in [2.05, 4.69) is 37.9 Å². The summed E-state index contributed by atoms with van der Waals surface area (Å²) in [5.41, 5.74) is 0.996. The topological polar surface area (TPSA) is 33.7 Å². The minimum Gasteiger partial charge on any atom is -0.496 e. The van der Waals surface area contributed by atoms with Crippen LogP contribution in [0.3, 0.4) is 0 Å². The van der Waals surface area contributed by atoms with Crippen molar-refractivity contribution in [2.45, 2.75) is 45.8 Å². The summed E-state index contributed by atoms with van der Waals surface area (Å²) in [7, 11) is 1.72. The number of methoxy groups -OCH3 is 1. The molecule has 1 aromatic carbocycles. The lowest BCUT2D eigenvalue weighted by Crippen LogP contribution is -2.41. The van der Waals surface area contributed by atoms with E-state index in [0.717, 1.165) is 49.7 Å². The Morgan fingerprint density at radius 2 is 2.05 bits per heavy atom. The molecule has 1 atom stereocenters. The van der Waals surface area contributed by atoms with Crippen LogP contribution in [0.5, 0.6) is 11.5 Å². The second-order valence-electron chi connectivity index (χ2n) is 6.47. The molecule has 0 spiro atoms. The smallest absolute Gasteiger partial charge is 0.128 e. The number of hydrogen-bond acceptors (Lipinski definition) is 4. The molecule has 0 fully saturated rings. The van der Waals surface area contributed by atoms with Gasteiger partial charge in [-0.25, -0.2) is 0 Å². The molecule has 1 heterocycles. The molecule has 1 aromatic rings. The molecule has 1 aliphatic heterocycles. The van der Waals surface area contributed by atoms with Crippen molar-refractivity contribution in [1.82, 2.24) is 10.2 Å². The molecule has 0 aromatic heterocycles. The van der Waals surface area contributed by atoms with E-state index in [1.54, 1.807) is 7.11 Å². The first-order chi connectivity index (χ1) is 10.5. The van der Waals surface area contributed by atoms with Crippen LogP contribution in [0.15, 0.2) is 18.2 Å². The fourth-order valence-electron chi connectivity index (χ4n) is 3.18. The van der Waals surface area contributed by atoms with Crippen molar-refractivity contribution < 1.29 is 9.47 Å². The fraction of sp³-hybridized carbons (Fsp3) is 0.667. The summed E-state index contributed by atoms with van der Waals surface area (Å²) in [5, 5.41) is 3.71. The highest BCUT2D eigenvalue weighted by atomic mass is 16.5. The van der Waals surface area contributed by atoms with Crippen molar-refractivity contribution in [2.75, 3.05) is 33.3 Å². The third kappa shape index (κ3) is 3.93. The third-order valence-corrected chi connectivity index (χ3v) is 4.39. The first-order valence-electron chi connectivity index (χ1n) is 8.32. The van der Waals surface area contributed by atoms with Crippen LogP contribution in [0.25, 0.3) is 0 Å². The zero-order valence-corrected chi connectivity index (χ0v) is 14.6. The van der Waals surface area contributed by atoms with Gasteiger partial charge in [-0.05, 0) is 39.1 Å². The lowest BCUT2D eigenvalue weighted by molar-refractivity contribution is 0.0643. The van der Waals surface area contributed by atoms with Gasteiger partial charge in [-0.15, -0.1) is 0 Å². The lowest BCUT2D eigenvalue weighted by atomic mass is 9.89. The van der Waals surface area contributed by atoms with Gasteiger partial charge in [-0.3, -0.25) is 0 Å². The highest BCUT2D eigenvalue weighted by Crippen LogP contribution is 2.43. The molecule has 4 nitrogen and oxygen atoms in total. The van der Waals surface area contributed by atoms with Gasteiger partial charge >= 0.3 is 0 Å². The molecule has 0 saturated heterocycles. The molecular formula is C18H30N2O2. The van der Waals surface area contributed by atoms with Crippen molar-refractivity contribution in [3.05, 3.63) is 23.8 Å². The van der Waals surface area contributed by atoms with Crippen LogP contribution in [0.2, 0.25) is 0 Å². The monoisotopic (exact) mass is 306 g/mol. The maximum atomic E-state index is 6.13. The van der Waals surface area contributed by atoms with Gasteiger partial charge in [-0.1, -0.05) is 19.9 Å². The van der Waals surface area contributed by atoms with E-state index >= 15 is 0 Å². The Bertz CT molecular complexity index is 484. The highest BCUT2D eigenvalue weighted by Gasteiger charge is 2.35. The molecule has 1 aliphatic rings. The summed E-state index contributed by atoms with van der Waals surface area (Å²) in [6, 6.07) is 6.31.